The second-order valence-corrected chi connectivity index (χ2v) is 10.5. The normalized spacial score (nSPS) is 18.7. The Labute approximate surface area is 233 Å². The van der Waals surface area contributed by atoms with Gasteiger partial charge in [0, 0.05) is 66.9 Å². The lowest BCUT2D eigenvalue weighted by molar-refractivity contribution is -0.138. The first-order chi connectivity index (χ1) is 19.2. The zero-order valence-electron chi connectivity index (χ0n) is 23.0. The molecule has 2 aliphatic rings. The molecular weight excluding hydrogens is 515 g/mol. The largest absolute Gasteiger partial charge is 0.416 e. The smallest absolute Gasteiger partial charge is 0.368 e. The number of hydrogen-bond acceptors (Lipinski definition) is 5. The third-order valence-electron chi connectivity index (χ3n) is 7.51. The topological polar surface area (TPSA) is 56.4 Å². The molecule has 1 aliphatic carbocycles. The SMILES string of the molecule is C=C(COC1C=CC(c2cnc3[nH]c(C)cc3c2)=CC1)Nc1ccc(CN2CCN(CC)CC2)c(C(F)(F)F)c1. The van der Waals surface area contributed by atoms with E-state index in [9.17, 15) is 13.2 Å². The van der Waals surface area contributed by atoms with Crippen molar-refractivity contribution in [1.29, 1.82) is 0 Å². The second kappa shape index (κ2) is 12.0. The fourth-order valence-electron chi connectivity index (χ4n) is 5.26. The van der Waals surface area contributed by atoms with E-state index in [-0.39, 0.29) is 19.3 Å². The number of likely N-dealkylation sites (N-methyl/N-ethyl adjacent to an activating group) is 1. The monoisotopic (exact) mass is 551 g/mol. The van der Waals surface area contributed by atoms with Gasteiger partial charge in [0.1, 0.15) is 5.65 Å². The molecule has 1 aliphatic heterocycles. The molecule has 0 saturated carbocycles. The van der Waals surface area contributed by atoms with Crippen molar-refractivity contribution in [3.8, 4) is 0 Å². The van der Waals surface area contributed by atoms with Crippen molar-refractivity contribution in [2.45, 2.75) is 39.1 Å². The second-order valence-electron chi connectivity index (χ2n) is 10.5. The van der Waals surface area contributed by atoms with Gasteiger partial charge in [-0.3, -0.25) is 4.90 Å². The van der Waals surface area contributed by atoms with Crippen LogP contribution in [0.1, 0.15) is 35.7 Å². The number of aryl methyl sites for hydroxylation is 1. The number of nitrogens with one attached hydrogen (secondary N) is 2. The highest BCUT2D eigenvalue weighted by Gasteiger charge is 2.34. The number of fused-ring (bicyclic) bond motifs is 1. The number of anilines is 1. The summed E-state index contributed by atoms with van der Waals surface area (Å²) in [4.78, 5) is 12.1. The molecule has 0 amide bonds. The van der Waals surface area contributed by atoms with Gasteiger partial charge < -0.3 is 19.9 Å². The maximum Gasteiger partial charge on any atom is 0.416 e. The van der Waals surface area contributed by atoms with Gasteiger partial charge in [0.2, 0.25) is 0 Å². The lowest BCUT2D eigenvalue weighted by atomic mass is 9.99. The van der Waals surface area contributed by atoms with Gasteiger partial charge in [-0.15, -0.1) is 0 Å². The maximum absolute atomic E-state index is 13.9. The molecule has 6 nitrogen and oxygen atoms in total. The minimum absolute atomic E-state index is 0.144. The van der Waals surface area contributed by atoms with Gasteiger partial charge in [-0.05, 0) is 55.3 Å². The Balaban J connectivity index is 1.14. The summed E-state index contributed by atoms with van der Waals surface area (Å²) < 4.78 is 47.8. The van der Waals surface area contributed by atoms with Gasteiger partial charge >= 0.3 is 6.18 Å². The third-order valence-corrected chi connectivity index (χ3v) is 7.51. The molecule has 5 rings (SSSR count). The molecule has 3 aromatic rings. The first kappa shape index (κ1) is 28.1. The summed E-state index contributed by atoms with van der Waals surface area (Å²) in [7, 11) is 0. The highest BCUT2D eigenvalue weighted by molar-refractivity contribution is 5.84. The predicted molar refractivity (Wildman–Crippen MR) is 154 cm³/mol. The number of H-pyrrole nitrogens is 1. The first-order valence-corrected chi connectivity index (χ1v) is 13.7. The molecule has 1 unspecified atom stereocenters. The maximum atomic E-state index is 13.9. The highest BCUT2D eigenvalue weighted by Crippen LogP contribution is 2.35. The molecule has 0 bridgehead atoms. The standard InChI is InChI=1S/C31H36F3N5O/c1-4-38-11-13-39(14-12-38)19-24-5-8-27(17-29(24)31(32,33)34)36-22(3)20-40-28-9-6-23(7-10-28)26-16-25-15-21(2)37-30(25)35-18-26/h5-9,15-18,28,36H,3-4,10-14,19-20H2,1-2H3,(H,35,37). The van der Waals surface area contributed by atoms with Crippen molar-refractivity contribution in [3.63, 3.8) is 0 Å². The van der Waals surface area contributed by atoms with Gasteiger partial charge in [-0.1, -0.05) is 37.8 Å². The summed E-state index contributed by atoms with van der Waals surface area (Å²) in [5.74, 6) is 0. The highest BCUT2D eigenvalue weighted by atomic mass is 19.4. The number of piperazine rings is 1. The third kappa shape index (κ3) is 6.83. The summed E-state index contributed by atoms with van der Waals surface area (Å²) >= 11 is 0. The molecule has 212 valence electrons. The molecule has 0 spiro atoms. The Morgan fingerprint density at radius 2 is 1.93 bits per heavy atom. The molecule has 2 N–H and O–H groups in total. The van der Waals surface area contributed by atoms with E-state index in [0.717, 1.165) is 60.6 Å². The molecule has 1 aromatic carbocycles. The van der Waals surface area contributed by atoms with Crippen molar-refractivity contribution in [3.05, 3.63) is 89.4 Å². The van der Waals surface area contributed by atoms with Crippen LogP contribution in [0.3, 0.4) is 0 Å². The fourth-order valence-corrected chi connectivity index (χ4v) is 5.26. The number of pyridine rings is 1. The van der Waals surface area contributed by atoms with Crippen LogP contribution >= 0.6 is 0 Å². The van der Waals surface area contributed by atoms with E-state index in [1.165, 1.54) is 6.07 Å². The Morgan fingerprint density at radius 3 is 2.62 bits per heavy atom. The van der Waals surface area contributed by atoms with Crippen LogP contribution in [0.4, 0.5) is 18.9 Å². The summed E-state index contributed by atoms with van der Waals surface area (Å²) in [6, 6.07) is 8.62. The number of ether oxygens (including phenoxy) is 1. The van der Waals surface area contributed by atoms with Crippen molar-refractivity contribution in [2.24, 2.45) is 0 Å². The van der Waals surface area contributed by atoms with Crippen molar-refractivity contribution in [1.82, 2.24) is 19.8 Å². The van der Waals surface area contributed by atoms with E-state index < -0.39 is 11.7 Å². The fraction of sp³-hybridized carbons (Fsp3) is 0.387. The Kier molecular flexibility index (Phi) is 8.44. The van der Waals surface area contributed by atoms with Crippen molar-refractivity contribution in [2.75, 3.05) is 44.6 Å². The number of aromatic nitrogens is 2. The predicted octanol–water partition coefficient (Wildman–Crippen LogP) is 6.38. The number of rotatable bonds is 9. The van der Waals surface area contributed by atoms with E-state index in [0.29, 0.717) is 23.4 Å². The van der Waals surface area contributed by atoms with Gasteiger partial charge in [0.05, 0.1) is 18.3 Å². The van der Waals surface area contributed by atoms with Crippen LogP contribution in [0.5, 0.6) is 0 Å². The molecule has 9 heteroatoms. The summed E-state index contributed by atoms with van der Waals surface area (Å²) in [6.07, 6.45) is 4.08. The molecule has 40 heavy (non-hydrogen) atoms. The van der Waals surface area contributed by atoms with E-state index in [1.54, 1.807) is 12.1 Å². The summed E-state index contributed by atoms with van der Waals surface area (Å²) in [6.45, 7) is 12.8. The van der Waals surface area contributed by atoms with E-state index in [1.807, 2.05) is 25.3 Å². The number of allylic oxidation sites excluding steroid dienone is 2. The average molecular weight is 552 g/mol. The number of alkyl halides is 3. The zero-order chi connectivity index (χ0) is 28.3. The van der Waals surface area contributed by atoms with Crippen LogP contribution in [0.2, 0.25) is 0 Å². The molecule has 2 aromatic heterocycles. The van der Waals surface area contributed by atoms with Gasteiger partial charge in [-0.25, -0.2) is 4.98 Å². The number of nitrogens with zero attached hydrogens (tertiary/aromatic N) is 3. The molecular formula is C31H36F3N5O. The van der Waals surface area contributed by atoms with Gasteiger partial charge in [0.25, 0.3) is 0 Å². The first-order valence-electron chi connectivity index (χ1n) is 13.7. The minimum Gasteiger partial charge on any atom is -0.368 e. The molecule has 1 atom stereocenters. The van der Waals surface area contributed by atoms with E-state index in [2.05, 4.69) is 56.8 Å². The summed E-state index contributed by atoms with van der Waals surface area (Å²) in [5.41, 5.74) is 4.59. The number of benzene rings is 1. The van der Waals surface area contributed by atoms with Crippen molar-refractivity contribution >= 4 is 22.3 Å². The van der Waals surface area contributed by atoms with E-state index in [4.69, 9.17) is 4.74 Å². The van der Waals surface area contributed by atoms with E-state index >= 15 is 0 Å². The van der Waals surface area contributed by atoms with Crippen LogP contribution in [0.15, 0.2) is 67.0 Å². The van der Waals surface area contributed by atoms with Crippen LogP contribution in [0, 0.1) is 6.92 Å². The molecule has 3 heterocycles. The lowest BCUT2D eigenvalue weighted by Gasteiger charge is -2.34. The number of halogens is 3. The van der Waals surface area contributed by atoms with Crippen LogP contribution < -0.4 is 5.32 Å². The van der Waals surface area contributed by atoms with Crippen LogP contribution in [-0.2, 0) is 17.5 Å². The van der Waals surface area contributed by atoms with Crippen LogP contribution in [-0.4, -0.2) is 65.2 Å². The summed E-state index contributed by atoms with van der Waals surface area (Å²) in [5, 5.41) is 4.07. The molecule has 1 fully saturated rings. The van der Waals surface area contributed by atoms with Crippen LogP contribution in [0.25, 0.3) is 16.6 Å². The Hall–Kier alpha value is -3.40. The Bertz CT molecular complexity index is 1420. The minimum atomic E-state index is -4.44. The lowest BCUT2D eigenvalue weighted by Crippen LogP contribution is -2.45. The average Bonchev–Trinajstić information content (AvgIpc) is 3.32. The van der Waals surface area contributed by atoms with Crippen molar-refractivity contribution < 1.29 is 17.9 Å². The zero-order valence-corrected chi connectivity index (χ0v) is 23.0. The molecule has 1 saturated heterocycles. The Morgan fingerprint density at radius 1 is 1.15 bits per heavy atom. The quantitative estimate of drug-likeness (QED) is 0.323. The molecule has 0 radical (unpaired) electrons. The number of aromatic amines is 1. The number of hydrogen-bond donors (Lipinski definition) is 2. The van der Waals surface area contributed by atoms with Gasteiger partial charge in [0.15, 0.2) is 0 Å². The van der Waals surface area contributed by atoms with Gasteiger partial charge in [-0.2, -0.15) is 13.2 Å².